The number of rotatable bonds is 6. The smallest absolute Gasteiger partial charge is 0.0656 e. The van der Waals surface area contributed by atoms with Gasteiger partial charge in [0.1, 0.15) is 0 Å². The Hall–Kier alpha value is -0.0800. The normalized spacial score (nSPS) is 33.0. The topological polar surface area (TPSA) is 21.3 Å². The summed E-state index contributed by atoms with van der Waals surface area (Å²) in [5.41, 5.74) is 0.884. The van der Waals surface area contributed by atoms with Gasteiger partial charge in [-0.1, -0.05) is 41.0 Å². The van der Waals surface area contributed by atoms with Gasteiger partial charge in [0.25, 0.3) is 0 Å². The summed E-state index contributed by atoms with van der Waals surface area (Å²) in [5.74, 6) is 0.640. The van der Waals surface area contributed by atoms with Crippen LogP contribution in [0.15, 0.2) is 0 Å². The molecule has 0 spiro atoms. The van der Waals surface area contributed by atoms with Gasteiger partial charge in [0.2, 0.25) is 0 Å². The van der Waals surface area contributed by atoms with Gasteiger partial charge >= 0.3 is 0 Å². The van der Waals surface area contributed by atoms with Crippen LogP contribution in [0, 0.1) is 16.7 Å². The molecule has 0 amide bonds. The minimum Gasteiger partial charge on any atom is -0.377 e. The zero-order valence-electron chi connectivity index (χ0n) is 12.9. The summed E-state index contributed by atoms with van der Waals surface area (Å²) in [4.78, 5) is 0. The van der Waals surface area contributed by atoms with Gasteiger partial charge in [-0.05, 0) is 30.6 Å². The van der Waals surface area contributed by atoms with E-state index in [-0.39, 0.29) is 0 Å². The molecule has 2 heteroatoms. The lowest BCUT2D eigenvalue weighted by atomic mass is 9.63. The van der Waals surface area contributed by atoms with Gasteiger partial charge in [-0.25, -0.2) is 0 Å². The van der Waals surface area contributed by atoms with Gasteiger partial charge < -0.3 is 10.1 Å². The number of hydrogen-bond acceptors (Lipinski definition) is 2. The van der Waals surface area contributed by atoms with Crippen LogP contribution in [0.3, 0.4) is 0 Å². The number of hydrogen-bond donors (Lipinski definition) is 1. The Morgan fingerprint density at radius 1 is 1.22 bits per heavy atom. The first-order chi connectivity index (χ1) is 8.33. The SMILES string of the molecule is CC(C)COC1CC(NCC2(C)CCC2)C1(C)C. The Morgan fingerprint density at radius 2 is 1.89 bits per heavy atom. The fourth-order valence-corrected chi connectivity index (χ4v) is 3.15. The van der Waals surface area contributed by atoms with Gasteiger partial charge in [0, 0.05) is 24.6 Å². The Labute approximate surface area is 113 Å². The highest BCUT2D eigenvalue weighted by molar-refractivity contribution is 5.03. The van der Waals surface area contributed by atoms with Crippen molar-refractivity contribution in [3.8, 4) is 0 Å². The van der Waals surface area contributed by atoms with E-state index < -0.39 is 0 Å². The molecule has 2 rings (SSSR count). The highest BCUT2D eigenvalue weighted by Gasteiger charge is 2.49. The monoisotopic (exact) mass is 253 g/mol. The summed E-state index contributed by atoms with van der Waals surface area (Å²) in [5, 5.41) is 3.79. The second kappa shape index (κ2) is 5.13. The second-order valence-corrected chi connectivity index (χ2v) is 7.87. The van der Waals surface area contributed by atoms with Crippen molar-refractivity contribution in [2.75, 3.05) is 13.2 Å². The summed E-state index contributed by atoms with van der Waals surface area (Å²) in [6, 6.07) is 0.645. The maximum absolute atomic E-state index is 6.02. The van der Waals surface area contributed by atoms with Crippen LogP contribution in [0.5, 0.6) is 0 Å². The van der Waals surface area contributed by atoms with Crippen molar-refractivity contribution in [1.82, 2.24) is 5.32 Å². The summed E-state index contributed by atoms with van der Waals surface area (Å²) < 4.78 is 6.02. The molecule has 2 aliphatic rings. The molecule has 2 aliphatic carbocycles. The van der Waals surface area contributed by atoms with Crippen LogP contribution in [-0.2, 0) is 4.74 Å². The minimum atomic E-state index is 0.301. The molecule has 2 nitrogen and oxygen atoms in total. The fourth-order valence-electron chi connectivity index (χ4n) is 3.15. The van der Waals surface area contributed by atoms with Crippen molar-refractivity contribution >= 4 is 0 Å². The Balaban J connectivity index is 1.72. The Morgan fingerprint density at radius 3 is 2.33 bits per heavy atom. The summed E-state index contributed by atoms with van der Waals surface area (Å²) in [7, 11) is 0. The molecule has 0 aromatic rings. The molecule has 2 saturated carbocycles. The Kier molecular flexibility index (Phi) is 4.08. The highest BCUT2D eigenvalue weighted by atomic mass is 16.5. The molecule has 0 heterocycles. The van der Waals surface area contributed by atoms with Crippen LogP contribution < -0.4 is 5.32 Å². The first-order valence-corrected chi connectivity index (χ1v) is 7.68. The lowest BCUT2D eigenvalue weighted by Gasteiger charge is -2.53. The predicted octanol–water partition coefficient (Wildman–Crippen LogP) is 3.61. The van der Waals surface area contributed by atoms with E-state index in [1.54, 1.807) is 0 Å². The van der Waals surface area contributed by atoms with Crippen LogP contribution in [-0.4, -0.2) is 25.3 Å². The van der Waals surface area contributed by atoms with Crippen molar-refractivity contribution < 1.29 is 4.74 Å². The van der Waals surface area contributed by atoms with E-state index >= 15 is 0 Å². The largest absolute Gasteiger partial charge is 0.377 e. The Bertz CT molecular complexity index is 281. The maximum atomic E-state index is 6.02. The van der Waals surface area contributed by atoms with E-state index in [2.05, 4.69) is 39.9 Å². The first kappa shape index (κ1) is 14.3. The average molecular weight is 253 g/mol. The molecule has 0 radical (unpaired) electrons. The van der Waals surface area contributed by atoms with Crippen LogP contribution >= 0.6 is 0 Å². The lowest BCUT2D eigenvalue weighted by Crippen LogP contribution is -2.62. The van der Waals surface area contributed by atoms with Crippen LogP contribution in [0.4, 0.5) is 0 Å². The molecule has 0 aromatic heterocycles. The fraction of sp³-hybridized carbons (Fsp3) is 1.00. The molecule has 2 atom stereocenters. The first-order valence-electron chi connectivity index (χ1n) is 7.68. The standard InChI is InChI=1S/C16H31NO/c1-12(2)10-18-14-9-13(15(14,3)4)17-11-16(5)7-6-8-16/h12-14,17H,6-11H2,1-5H3. The van der Waals surface area contributed by atoms with Gasteiger partial charge in [0.05, 0.1) is 6.10 Å². The summed E-state index contributed by atoms with van der Waals surface area (Å²) in [6.07, 6.45) is 5.87. The molecule has 0 aromatic carbocycles. The maximum Gasteiger partial charge on any atom is 0.0656 e. The van der Waals surface area contributed by atoms with Gasteiger partial charge in [-0.15, -0.1) is 0 Å². The predicted molar refractivity (Wildman–Crippen MR) is 76.7 cm³/mol. The third kappa shape index (κ3) is 2.91. The van der Waals surface area contributed by atoms with Crippen LogP contribution in [0.25, 0.3) is 0 Å². The van der Waals surface area contributed by atoms with E-state index in [1.807, 2.05) is 0 Å². The highest BCUT2D eigenvalue weighted by Crippen LogP contribution is 2.45. The summed E-state index contributed by atoms with van der Waals surface area (Å²) >= 11 is 0. The molecule has 106 valence electrons. The van der Waals surface area contributed by atoms with E-state index in [0.717, 1.165) is 6.61 Å². The van der Waals surface area contributed by atoms with Crippen molar-refractivity contribution in [1.29, 1.82) is 0 Å². The number of ether oxygens (including phenoxy) is 1. The third-order valence-electron chi connectivity index (χ3n) is 5.14. The zero-order chi connectivity index (χ0) is 13.4. The van der Waals surface area contributed by atoms with E-state index in [1.165, 1.54) is 32.2 Å². The summed E-state index contributed by atoms with van der Waals surface area (Å²) in [6.45, 7) is 13.7. The van der Waals surface area contributed by atoms with Crippen molar-refractivity contribution in [2.45, 2.75) is 72.4 Å². The van der Waals surface area contributed by atoms with Crippen LogP contribution in [0.1, 0.15) is 60.3 Å². The molecule has 2 unspecified atom stereocenters. The zero-order valence-corrected chi connectivity index (χ0v) is 12.9. The molecule has 2 fully saturated rings. The molecular formula is C16H31NO. The van der Waals surface area contributed by atoms with Gasteiger partial charge in [0.15, 0.2) is 0 Å². The quantitative estimate of drug-likeness (QED) is 0.781. The van der Waals surface area contributed by atoms with Crippen LogP contribution in [0.2, 0.25) is 0 Å². The molecule has 18 heavy (non-hydrogen) atoms. The molecular weight excluding hydrogens is 222 g/mol. The van der Waals surface area contributed by atoms with E-state index in [4.69, 9.17) is 4.74 Å². The van der Waals surface area contributed by atoms with E-state index in [0.29, 0.717) is 28.9 Å². The van der Waals surface area contributed by atoms with Gasteiger partial charge in [-0.2, -0.15) is 0 Å². The molecule has 1 N–H and O–H groups in total. The molecule has 0 saturated heterocycles. The van der Waals surface area contributed by atoms with Crippen molar-refractivity contribution in [3.63, 3.8) is 0 Å². The minimum absolute atomic E-state index is 0.301. The second-order valence-electron chi connectivity index (χ2n) is 7.87. The van der Waals surface area contributed by atoms with Crippen molar-refractivity contribution in [2.24, 2.45) is 16.7 Å². The average Bonchev–Trinajstić information content (AvgIpc) is 2.24. The van der Waals surface area contributed by atoms with Crippen molar-refractivity contribution in [3.05, 3.63) is 0 Å². The molecule has 0 aliphatic heterocycles. The third-order valence-corrected chi connectivity index (χ3v) is 5.14. The van der Waals surface area contributed by atoms with Gasteiger partial charge in [-0.3, -0.25) is 0 Å². The van der Waals surface area contributed by atoms with E-state index in [9.17, 15) is 0 Å². The number of nitrogens with one attached hydrogen (secondary N) is 1. The lowest BCUT2D eigenvalue weighted by molar-refractivity contribution is -0.126. The molecule has 0 bridgehead atoms.